The van der Waals surface area contributed by atoms with E-state index in [0.29, 0.717) is 51.9 Å². The third-order valence-electron chi connectivity index (χ3n) is 4.31. The standard InChI is InChI=1S/C21H19ClFN3O2/c22-15-4-7-18(14(10-15)12-23)25-16-5-8-20(28)17(11-16)19-6-3-13(2-1-9-27)21(24)26-19/h3-11,25,28H,1-2,12H2,(H2,24,26). The molecule has 0 aliphatic carbocycles. The molecular formula is C21H19ClFN3O2. The van der Waals surface area contributed by atoms with Gasteiger partial charge < -0.3 is 21.0 Å². The van der Waals surface area contributed by atoms with Crippen LogP contribution in [-0.2, 0) is 17.9 Å². The van der Waals surface area contributed by atoms with Gasteiger partial charge in [0.2, 0.25) is 0 Å². The number of anilines is 3. The molecular weight excluding hydrogens is 381 g/mol. The summed E-state index contributed by atoms with van der Waals surface area (Å²) in [6.07, 6.45) is 1.71. The van der Waals surface area contributed by atoms with E-state index in [1.54, 1.807) is 42.5 Å². The highest BCUT2D eigenvalue weighted by molar-refractivity contribution is 6.30. The highest BCUT2D eigenvalue weighted by Crippen LogP contribution is 2.33. The Morgan fingerprint density at radius 2 is 1.96 bits per heavy atom. The van der Waals surface area contributed by atoms with Gasteiger partial charge in [0.15, 0.2) is 0 Å². The Kier molecular flexibility index (Phi) is 6.11. The van der Waals surface area contributed by atoms with Crippen molar-refractivity contribution >= 4 is 35.1 Å². The zero-order chi connectivity index (χ0) is 20.1. The molecule has 0 saturated heterocycles. The fraction of sp³-hybridized carbons (Fsp3) is 0.143. The van der Waals surface area contributed by atoms with Gasteiger partial charge in [-0.3, -0.25) is 0 Å². The van der Waals surface area contributed by atoms with Gasteiger partial charge in [-0.25, -0.2) is 9.37 Å². The van der Waals surface area contributed by atoms with Crippen molar-refractivity contribution in [2.45, 2.75) is 19.5 Å². The topological polar surface area (TPSA) is 88.2 Å². The molecule has 0 radical (unpaired) electrons. The van der Waals surface area contributed by atoms with Crippen LogP contribution in [0.2, 0.25) is 5.02 Å². The zero-order valence-corrected chi connectivity index (χ0v) is 15.7. The summed E-state index contributed by atoms with van der Waals surface area (Å²) in [6, 6.07) is 13.4. The number of pyridine rings is 1. The van der Waals surface area contributed by atoms with Crippen LogP contribution in [0.15, 0.2) is 48.5 Å². The number of halogens is 2. The monoisotopic (exact) mass is 399 g/mol. The number of nitrogens with one attached hydrogen (secondary N) is 1. The molecule has 0 atom stereocenters. The number of carbonyl (C=O) groups is 1. The van der Waals surface area contributed by atoms with Crippen LogP contribution in [0.5, 0.6) is 5.75 Å². The summed E-state index contributed by atoms with van der Waals surface area (Å²) in [5.41, 5.74) is 9.40. The molecule has 7 heteroatoms. The molecule has 0 aliphatic heterocycles. The van der Waals surface area contributed by atoms with E-state index >= 15 is 0 Å². The number of aromatic nitrogens is 1. The van der Waals surface area contributed by atoms with Gasteiger partial charge in [-0.1, -0.05) is 17.7 Å². The Hall–Kier alpha value is -3.12. The molecule has 3 aromatic rings. The number of rotatable bonds is 7. The van der Waals surface area contributed by atoms with Gasteiger partial charge in [0.25, 0.3) is 0 Å². The number of alkyl halides is 1. The number of aromatic hydroxyl groups is 1. The lowest BCUT2D eigenvalue weighted by Gasteiger charge is -2.13. The van der Waals surface area contributed by atoms with Crippen molar-refractivity contribution in [3.63, 3.8) is 0 Å². The highest BCUT2D eigenvalue weighted by Gasteiger charge is 2.11. The number of carbonyl (C=O) groups excluding carboxylic acids is 1. The molecule has 0 spiro atoms. The van der Waals surface area contributed by atoms with Gasteiger partial charge in [0.05, 0.1) is 5.69 Å². The second kappa shape index (κ2) is 8.71. The van der Waals surface area contributed by atoms with E-state index < -0.39 is 6.67 Å². The predicted molar refractivity (Wildman–Crippen MR) is 110 cm³/mol. The normalized spacial score (nSPS) is 10.6. The van der Waals surface area contributed by atoms with Crippen LogP contribution in [0.3, 0.4) is 0 Å². The minimum atomic E-state index is -0.659. The van der Waals surface area contributed by atoms with E-state index in [1.165, 1.54) is 6.07 Å². The highest BCUT2D eigenvalue weighted by atomic mass is 35.5. The van der Waals surface area contributed by atoms with Gasteiger partial charge in [-0.05, 0) is 54.4 Å². The first kappa shape index (κ1) is 19.6. The number of nitrogens with two attached hydrogens (primary N) is 1. The number of hydrogen-bond donors (Lipinski definition) is 3. The van der Waals surface area contributed by atoms with Crippen LogP contribution in [-0.4, -0.2) is 16.4 Å². The molecule has 0 saturated carbocycles. The zero-order valence-electron chi connectivity index (χ0n) is 15.0. The molecule has 0 bridgehead atoms. The number of aldehydes is 1. The van der Waals surface area contributed by atoms with Gasteiger partial charge in [0, 0.05) is 33.9 Å². The minimum Gasteiger partial charge on any atom is -0.507 e. The van der Waals surface area contributed by atoms with Crippen molar-refractivity contribution in [2.75, 3.05) is 11.1 Å². The number of phenolic OH excluding ortho intramolecular Hbond substituents is 1. The maximum absolute atomic E-state index is 13.3. The minimum absolute atomic E-state index is 0.0416. The quantitative estimate of drug-likeness (QED) is 0.383. The first-order chi connectivity index (χ1) is 13.5. The van der Waals surface area contributed by atoms with Crippen LogP contribution < -0.4 is 11.1 Å². The third-order valence-corrected chi connectivity index (χ3v) is 4.54. The molecule has 0 aliphatic rings. The first-order valence-electron chi connectivity index (χ1n) is 8.65. The second-order valence-corrected chi connectivity index (χ2v) is 6.67. The fourth-order valence-electron chi connectivity index (χ4n) is 2.85. The van der Waals surface area contributed by atoms with E-state index in [2.05, 4.69) is 10.3 Å². The number of aryl methyl sites for hydroxylation is 1. The lowest BCUT2D eigenvalue weighted by atomic mass is 10.1. The summed E-state index contributed by atoms with van der Waals surface area (Å²) in [4.78, 5) is 14.9. The van der Waals surface area contributed by atoms with E-state index in [4.69, 9.17) is 17.3 Å². The van der Waals surface area contributed by atoms with E-state index in [1.807, 2.05) is 0 Å². The Bertz CT molecular complexity index is 1010. The maximum atomic E-state index is 13.3. The third kappa shape index (κ3) is 4.40. The summed E-state index contributed by atoms with van der Waals surface area (Å²) < 4.78 is 13.3. The Morgan fingerprint density at radius 1 is 1.14 bits per heavy atom. The Balaban J connectivity index is 1.92. The Labute approximate surface area is 167 Å². The van der Waals surface area contributed by atoms with Crippen LogP contribution in [0.25, 0.3) is 11.3 Å². The smallest absolute Gasteiger partial charge is 0.127 e. The molecule has 3 rings (SSSR count). The summed E-state index contributed by atoms with van der Waals surface area (Å²) >= 11 is 5.92. The van der Waals surface area contributed by atoms with E-state index in [-0.39, 0.29) is 5.75 Å². The fourth-order valence-corrected chi connectivity index (χ4v) is 3.04. The summed E-state index contributed by atoms with van der Waals surface area (Å²) in [5.74, 6) is 0.356. The predicted octanol–water partition coefficient (Wildman–Crippen LogP) is 5.03. The lowest BCUT2D eigenvalue weighted by Crippen LogP contribution is -2.00. The SMILES string of the molecule is Nc1nc(-c2cc(Nc3ccc(Cl)cc3CF)ccc2O)ccc1CCC=O. The molecule has 144 valence electrons. The molecule has 5 nitrogen and oxygen atoms in total. The van der Waals surface area contributed by atoms with Gasteiger partial charge in [0.1, 0.15) is 24.5 Å². The van der Waals surface area contributed by atoms with Crippen molar-refractivity contribution < 1.29 is 14.3 Å². The number of hydrogen-bond acceptors (Lipinski definition) is 5. The molecule has 1 aromatic heterocycles. The number of phenols is 1. The largest absolute Gasteiger partial charge is 0.507 e. The second-order valence-electron chi connectivity index (χ2n) is 6.24. The van der Waals surface area contributed by atoms with Crippen LogP contribution in [0.4, 0.5) is 21.6 Å². The van der Waals surface area contributed by atoms with Crippen LogP contribution in [0.1, 0.15) is 17.5 Å². The van der Waals surface area contributed by atoms with Crippen LogP contribution >= 0.6 is 11.6 Å². The molecule has 2 aromatic carbocycles. The summed E-state index contributed by atoms with van der Waals surface area (Å²) in [6.45, 7) is -0.659. The number of nitrogen functional groups attached to an aromatic ring is 1. The van der Waals surface area contributed by atoms with Gasteiger partial charge in [-0.2, -0.15) is 0 Å². The van der Waals surface area contributed by atoms with Crippen molar-refractivity contribution in [3.05, 3.63) is 64.7 Å². The summed E-state index contributed by atoms with van der Waals surface area (Å²) in [5, 5.41) is 13.9. The average molecular weight is 400 g/mol. The van der Waals surface area contributed by atoms with Gasteiger partial charge >= 0.3 is 0 Å². The van der Waals surface area contributed by atoms with Crippen molar-refractivity contribution in [2.24, 2.45) is 0 Å². The molecule has 0 amide bonds. The van der Waals surface area contributed by atoms with Crippen LogP contribution in [0, 0.1) is 0 Å². The number of benzene rings is 2. The summed E-state index contributed by atoms with van der Waals surface area (Å²) in [7, 11) is 0. The van der Waals surface area contributed by atoms with Crippen molar-refractivity contribution in [1.29, 1.82) is 0 Å². The molecule has 0 unspecified atom stereocenters. The molecule has 1 heterocycles. The molecule has 4 N–H and O–H groups in total. The maximum Gasteiger partial charge on any atom is 0.127 e. The van der Waals surface area contributed by atoms with Gasteiger partial charge in [-0.15, -0.1) is 0 Å². The van der Waals surface area contributed by atoms with Crippen molar-refractivity contribution in [3.8, 4) is 17.0 Å². The number of nitrogens with zero attached hydrogens (tertiary/aromatic N) is 1. The van der Waals surface area contributed by atoms with E-state index in [0.717, 1.165) is 11.8 Å². The lowest BCUT2D eigenvalue weighted by molar-refractivity contribution is -0.107. The first-order valence-corrected chi connectivity index (χ1v) is 9.03. The average Bonchev–Trinajstić information content (AvgIpc) is 2.69. The Morgan fingerprint density at radius 3 is 2.68 bits per heavy atom. The molecule has 0 fully saturated rings. The van der Waals surface area contributed by atoms with E-state index in [9.17, 15) is 14.3 Å². The van der Waals surface area contributed by atoms with Crippen molar-refractivity contribution in [1.82, 2.24) is 4.98 Å². The molecule has 28 heavy (non-hydrogen) atoms.